The Balaban J connectivity index is 2.11. The van der Waals surface area contributed by atoms with E-state index in [9.17, 15) is 18.4 Å². The third kappa shape index (κ3) is 6.30. The Kier molecular flexibility index (Phi) is 8.38. The lowest BCUT2D eigenvalue weighted by Crippen LogP contribution is -2.47. The number of halogens is 2. The van der Waals surface area contributed by atoms with Crippen LogP contribution in [-0.2, 0) is 18.4 Å². The van der Waals surface area contributed by atoms with E-state index in [-0.39, 0.29) is 24.2 Å². The lowest BCUT2D eigenvalue weighted by molar-refractivity contribution is -0.132. The largest absolute Gasteiger partial charge is 0.353 e. The van der Waals surface area contributed by atoms with Crippen LogP contribution in [0.15, 0.2) is 36.5 Å². The molecular formula is C22H30F2N4O2. The Morgan fingerprint density at radius 1 is 1.17 bits per heavy atom. The van der Waals surface area contributed by atoms with Crippen LogP contribution in [0.2, 0.25) is 0 Å². The highest BCUT2D eigenvalue weighted by molar-refractivity contribution is 5.92. The minimum Gasteiger partial charge on any atom is -0.353 e. The Bertz CT molecular complexity index is 867. The molecule has 2 rings (SSSR count). The number of hydrogen-bond acceptors (Lipinski definition) is 2. The minimum absolute atomic E-state index is 0.110. The molecule has 1 N–H and O–H groups in total. The van der Waals surface area contributed by atoms with Gasteiger partial charge in [-0.05, 0) is 44.5 Å². The van der Waals surface area contributed by atoms with Crippen molar-refractivity contribution in [2.75, 3.05) is 18.4 Å². The highest BCUT2D eigenvalue weighted by atomic mass is 19.2. The maximum atomic E-state index is 13.4. The zero-order valence-corrected chi connectivity index (χ0v) is 18.0. The fourth-order valence-corrected chi connectivity index (χ4v) is 3.00. The van der Waals surface area contributed by atoms with Gasteiger partial charge in [-0.1, -0.05) is 13.3 Å². The molecule has 0 bridgehead atoms. The van der Waals surface area contributed by atoms with Gasteiger partial charge >= 0.3 is 6.03 Å². The van der Waals surface area contributed by atoms with Crippen LogP contribution in [0.1, 0.15) is 39.3 Å². The second kappa shape index (κ2) is 10.8. The third-order valence-corrected chi connectivity index (χ3v) is 4.90. The number of aromatic nitrogens is 1. The van der Waals surface area contributed by atoms with Crippen LogP contribution in [0.3, 0.4) is 0 Å². The van der Waals surface area contributed by atoms with E-state index in [0.717, 1.165) is 30.7 Å². The first-order valence-electron chi connectivity index (χ1n) is 10.1. The fraction of sp³-hybridized carbons (Fsp3) is 0.455. The number of amides is 3. The number of benzene rings is 1. The normalized spacial score (nSPS) is 10.9. The molecule has 0 radical (unpaired) electrons. The molecule has 0 aliphatic carbocycles. The van der Waals surface area contributed by atoms with Gasteiger partial charge in [-0.2, -0.15) is 0 Å². The zero-order valence-electron chi connectivity index (χ0n) is 18.0. The number of rotatable bonds is 9. The van der Waals surface area contributed by atoms with Gasteiger partial charge < -0.3 is 19.7 Å². The summed E-state index contributed by atoms with van der Waals surface area (Å²) in [7, 11) is 1.92. The lowest BCUT2D eigenvalue weighted by Gasteiger charge is -2.30. The number of hydrogen-bond donors (Lipinski definition) is 1. The second-order valence-electron chi connectivity index (χ2n) is 7.56. The van der Waals surface area contributed by atoms with E-state index >= 15 is 0 Å². The van der Waals surface area contributed by atoms with Crippen molar-refractivity contribution in [3.05, 3.63) is 53.9 Å². The van der Waals surface area contributed by atoms with Gasteiger partial charge in [0.15, 0.2) is 11.6 Å². The summed E-state index contributed by atoms with van der Waals surface area (Å²) in [5.41, 5.74) is 1.13. The molecule has 0 spiro atoms. The Morgan fingerprint density at radius 2 is 1.90 bits per heavy atom. The number of urea groups is 1. The third-order valence-electron chi connectivity index (χ3n) is 4.90. The van der Waals surface area contributed by atoms with Crippen LogP contribution in [0, 0.1) is 11.6 Å². The number of nitrogens with zero attached hydrogens (tertiary/aromatic N) is 3. The van der Waals surface area contributed by atoms with Gasteiger partial charge in [0.05, 0.1) is 6.54 Å². The van der Waals surface area contributed by atoms with Gasteiger partial charge in [0.1, 0.15) is 6.54 Å². The molecule has 6 nitrogen and oxygen atoms in total. The standard InChI is InChI=1S/C22H30F2N4O2/c1-5-6-12-27(14-18-8-7-11-26(18)4)21(29)15-28(16(2)3)22(30)25-17-9-10-19(23)20(24)13-17/h7-11,13,16H,5-6,12,14-15H2,1-4H3,(H,25,30). The first-order valence-corrected chi connectivity index (χ1v) is 10.1. The monoisotopic (exact) mass is 420 g/mol. The molecule has 3 amide bonds. The van der Waals surface area contributed by atoms with E-state index in [4.69, 9.17) is 0 Å². The van der Waals surface area contributed by atoms with E-state index in [0.29, 0.717) is 13.1 Å². The molecule has 2 aromatic rings. The van der Waals surface area contributed by atoms with Crippen molar-refractivity contribution in [2.24, 2.45) is 7.05 Å². The summed E-state index contributed by atoms with van der Waals surface area (Å²) in [6.07, 6.45) is 3.73. The predicted octanol–water partition coefficient (Wildman–Crippen LogP) is 4.37. The van der Waals surface area contributed by atoms with Crippen molar-refractivity contribution >= 4 is 17.6 Å². The number of anilines is 1. The lowest BCUT2D eigenvalue weighted by atomic mass is 10.2. The summed E-state index contributed by atoms with van der Waals surface area (Å²) in [5.74, 6) is -2.21. The van der Waals surface area contributed by atoms with Crippen molar-refractivity contribution in [3.63, 3.8) is 0 Å². The van der Waals surface area contributed by atoms with Gasteiger partial charge in [-0.3, -0.25) is 4.79 Å². The Labute approximate surface area is 176 Å². The molecule has 0 saturated heterocycles. The van der Waals surface area contributed by atoms with Crippen LogP contribution >= 0.6 is 0 Å². The molecule has 0 unspecified atom stereocenters. The van der Waals surface area contributed by atoms with Crippen LogP contribution in [0.25, 0.3) is 0 Å². The van der Waals surface area contributed by atoms with Crippen molar-refractivity contribution in [1.82, 2.24) is 14.4 Å². The predicted molar refractivity (Wildman–Crippen MR) is 113 cm³/mol. The number of unbranched alkanes of at least 4 members (excludes halogenated alkanes) is 1. The number of nitrogens with one attached hydrogen (secondary N) is 1. The van der Waals surface area contributed by atoms with Gasteiger partial charge in [0.2, 0.25) is 5.91 Å². The molecule has 1 aromatic carbocycles. The zero-order chi connectivity index (χ0) is 22.3. The number of carbonyl (C=O) groups is 2. The molecule has 0 aliphatic heterocycles. The second-order valence-corrected chi connectivity index (χ2v) is 7.56. The average Bonchev–Trinajstić information content (AvgIpc) is 3.10. The number of aryl methyl sites for hydroxylation is 1. The number of carbonyl (C=O) groups excluding carboxylic acids is 2. The van der Waals surface area contributed by atoms with Gasteiger partial charge in [0.25, 0.3) is 0 Å². The molecule has 164 valence electrons. The first kappa shape index (κ1) is 23.4. The smallest absolute Gasteiger partial charge is 0.322 e. The quantitative estimate of drug-likeness (QED) is 0.655. The minimum atomic E-state index is -1.05. The Hall–Kier alpha value is -2.90. The van der Waals surface area contributed by atoms with Crippen molar-refractivity contribution in [3.8, 4) is 0 Å². The molecule has 0 fully saturated rings. The van der Waals surface area contributed by atoms with Crippen molar-refractivity contribution in [1.29, 1.82) is 0 Å². The Morgan fingerprint density at radius 3 is 2.47 bits per heavy atom. The molecular weight excluding hydrogens is 390 g/mol. The van der Waals surface area contributed by atoms with E-state index in [2.05, 4.69) is 12.2 Å². The summed E-state index contributed by atoms with van der Waals surface area (Å²) < 4.78 is 28.5. The van der Waals surface area contributed by atoms with E-state index in [1.54, 1.807) is 18.7 Å². The molecule has 8 heteroatoms. The molecule has 1 aromatic heterocycles. The molecule has 0 aliphatic rings. The summed E-state index contributed by atoms with van der Waals surface area (Å²) >= 11 is 0. The van der Waals surface area contributed by atoms with Gasteiger partial charge in [-0.15, -0.1) is 0 Å². The summed E-state index contributed by atoms with van der Waals surface area (Å²) in [6.45, 7) is 6.59. The van der Waals surface area contributed by atoms with Crippen LogP contribution < -0.4 is 5.32 Å². The van der Waals surface area contributed by atoms with E-state index in [1.807, 2.05) is 29.9 Å². The van der Waals surface area contributed by atoms with Crippen LogP contribution in [0.5, 0.6) is 0 Å². The maximum absolute atomic E-state index is 13.4. The van der Waals surface area contributed by atoms with Crippen LogP contribution in [-0.4, -0.2) is 45.4 Å². The SMILES string of the molecule is CCCCN(Cc1cccn1C)C(=O)CN(C(=O)Nc1ccc(F)c(F)c1)C(C)C. The average molecular weight is 421 g/mol. The highest BCUT2D eigenvalue weighted by Gasteiger charge is 2.24. The summed E-state index contributed by atoms with van der Waals surface area (Å²) in [5, 5.41) is 2.54. The highest BCUT2D eigenvalue weighted by Crippen LogP contribution is 2.15. The fourth-order valence-electron chi connectivity index (χ4n) is 3.00. The topological polar surface area (TPSA) is 57.6 Å². The molecule has 1 heterocycles. The maximum Gasteiger partial charge on any atom is 0.322 e. The van der Waals surface area contributed by atoms with E-state index < -0.39 is 17.7 Å². The summed E-state index contributed by atoms with van der Waals surface area (Å²) in [6, 6.07) is 6.22. The first-order chi connectivity index (χ1) is 14.2. The van der Waals surface area contributed by atoms with Crippen LogP contribution in [0.4, 0.5) is 19.3 Å². The van der Waals surface area contributed by atoms with Gasteiger partial charge in [0, 0.05) is 43.3 Å². The molecule has 0 saturated carbocycles. The van der Waals surface area contributed by atoms with Crippen molar-refractivity contribution < 1.29 is 18.4 Å². The molecule has 30 heavy (non-hydrogen) atoms. The van der Waals surface area contributed by atoms with Crippen molar-refractivity contribution in [2.45, 2.75) is 46.2 Å². The summed E-state index contributed by atoms with van der Waals surface area (Å²) in [4.78, 5) is 28.9. The van der Waals surface area contributed by atoms with Gasteiger partial charge in [-0.25, -0.2) is 13.6 Å². The molecule has 0 atom stereocenters. The van der Waals surface area contributed by atoms with E-state index in [1.165, 1.54) is 11.0 Å².